The van der Waals surface area contributed by atoms with E-state index in [4.69, 9.17) is 0 Å². The van der Waals surface area contributed by atoms with E-state index in [-0.39, 0.29) is 0 Å². The molecule has 50 valence electrons. The van der Waals surface area contributed by atoms with Crippen LogP contribution in [0.25, 0.3) is 0 Å². The molecule has 0 aliphatic carbocycles. The van der Waals surface area contributed by atoms with Gasteiger partial charge in [-0.2, -0.15) is 0 Å². The first-order chi connectivity index (χ1) is 4.18. The van der Waals surface area contributed by atoms with Crippen molar-refractivity contribution in [2.75, 3.05) is 0 Å². The van der Waals surface area contributed by atoms with Crippen molar-refractivity contribution in [1.82, 2.24) is 0 Å². The molecule has 0 spiro atoms. The summed E-state index contributed by atoms with van der Waals surface area (Å²) in [6, 6.07) is 0. The molecule has 1 heterocycles. The summed E-state index contributed by atoms with van der Waals surface area (Å²) in [5.41, 5.74) is 0. The lowest BCUT2D eigenvalue weighted by atomic mass is 10.4. The van der Waals surface area contributed by atoms with Crippen LogP contribution in [0.15, 0.2) is 9.98 Å². The van der Waals surface area contributed by atoms with E-state index < -0.39 is 0 Å². The molecule has 1 unspecified atom stereocenters. The topological polar surface area (TPSA) is 24.7 Å². The van der Waals surface area contributed by atoms with Crippen LogP contribution in [-0.4, -0.2) is 13.6 Å². The highest BCUT2D eigenvalue weighted by Gasteiger charge is 2.09. The van der Waals surface area contributed by atoms with E-state index in [9.17, 15) is 0 Å². The van der Waals surface area contributed by atoms with Gasteiger partial charge < -0.3 is 0 Å². The lowest BCUT2D eigenvalue weighted by Gasteiger charge is -2.08. The minimum absolute atomic E-state index is 0.409. The maximum Gasteiger partial charge on any atom is 0.122 e. The number of hydrogen-bond donors (Lipinski definition) is 0. The summed E-state index contributed by atoms with van der Waals surface area (Å²) in [6.07, 6.45) is 0.998. The molecular weight excluding hydrogens is 342 g/mol. The Labute approximate surface area is 81.5 Å². The van der Waals surface area contributed by atoms with E-state index in [0.717, 1.165) is 12.3 Å². The Morgan fingerprint density at radius 3 is 2.78 bits per heavy atom. The normalized spacial score (nSPS) is 27.2. The zero-order chi connectivity index (χ0) is 6.85. The predicted molar refractivity (Wildman–Crippen MR) is 57.0 cm³/mol. The SMILES string of the molecule is CC1=NC(I)CC(I)=N1. The van der Waals surface area contributed by atoms with E-state index in [0.29, 0.717) is 4.05 Å². The van der Waals surface area contributed by atoms with Crippen molar-refractivity contribution in [1.29, 1.82) is 0 Å². The molecule has 0 fully saturated rings. The highest BCUT2D eigenvalue weighted by Crippen LogP contribution is 2.16. The molecule has 0 radical (unpaired) electrons. The lowest BCUT2D eigenvalue weighted by molar-refractivity contribution is 0.990. The Bertz CT molecular complexity index is 174. The summed E-state index contributed by atoms with van der Waals surface area (Å²) < 4.78 is 1.58. The van der Waals surface area contributed by atoms with E-state index in [2.05, 4.69) is 55.2 Å². The molecule has 1 rings (SSSR count). The van der Waals surface area contributed by atoms with Gasteiger partial charge in [-0.1, -0.05) is 22.6 Å². The molecule has 0 aromatic rings. The number of nitrogens with zero attached hydrogens (tertiary/aromatic N) is 2. The second-order valence-corrected chi connectivity index (χ2v) is 4.49. The number of amidine groups is 1. The second kappa shape index (κ2) is 3.27. The van der Waals surface area contributed by atoms with Gasteiger partial charge in [-0.25, -0.2) is 4.99 Å². The smallest absolute Gasteiger partial charge is 0.122 e. The van der Waals surface area contributed by atoms with Gasteiger partial charge in [-0.15, -0.1) is 0 Å². The third kappa shape index (κ3) is 2.48. The number of halogens is 2. The quantitative estimate of drug-likeness (QED) is 0.365. The van der Waals surface area contributed by atoms with E-state index in [1.54, 1.807) is 0 Å². The molecule has 1 atom stereocenters. The molecule has 0 aromatic carbocycles. The number of aliphatic imine (C=N–C) groups is 2. The summed E-state index contributed by atoms with van der Waals surface area (Å²) in [4.78, 5) is 8.43. The zero-order valence-electron chi connectivity index (χ0n) is 4.93. The number of rotatable bonds is 0. The fourth-order valence-electron chi connectivity index (χ4n) is 0.637. The number of alkyl halides is 1. The molecule has 0 bridgehead atoms. The molecule has 0 amide bonds. The molecule has 0 saturated heterocycles. The minimum atomic E-state index is 0.409. The first-order valence-corrected chi connectivity index (χ1v) is 4.92. The monoisotopic (exact) mass is 348 g/mol. The molecule has 2 nitrogen and oxygen atoms in total. The van der Waals surface area contributed by atoms with Gasteiger partial charge in [-0.05, 0) is 29.5 Å². The molecular formula is C5H6I2N2. The average Bonchev–Trinajstić information content (AvgIpc) is 1.59. The Balaban J connectivity index is 2.74. The lowest BCUT2D eigenvalue weighted by Crippen LogP contribution is -2.09. The summed E-state index contributed by atoms with van der Waals surface area (Å²) >= 11 is 4.57. The van der Waals surface area contributed by atoms with Crippen LogP contribution in [0.5, 0.6) is 0 Å². The first kappa shape index (κ1) is 7.90. The van der Waals surface area contributed by atoms with E-state index >= 15 is 0 Å². The van der Waals surface area contributed by atoms with Crippen LogP contribution >= 0.6 is 45.2 Å². The molecule has 0 saturated carbocycles. The van der Waals surface area contributed by atoms with E-state index in [1.807, 2.05) is 6.92 Å². The van der Waals surface area contributed by atoms with Gasteiger partial charge in [0, 0.05) is 6.42 Å². The predicted octanol–water partition coefficient (Wildman–Crippen LogP) is 2.40. The van der Waals surface area contributed by atoms with Crippen molar-refractivity contribution < 1.29 is 0 Å². The van der Waals surface area contributed by atoms with Gasteiger partial charge in [0.15, 0.2) is 0 Å². The highest BCUT2D eigenvalue weighted by atomic mass is 127. The molecule has 9 heavy (non-hydrogen) atoms. The van der Waals surface area contributed by atoms with Crippen molar-refractivity contribution in [3.05, 3.63) is 0 Å². The van der Waals surface area contributed by atoms with Crippen molar-refractivity contribution in [3.63, 3.8) is 0 Å². The van der Waals surface area contributed by atoms with Crippen molar-refractivity contribution in [2.24, 2.45) is 9.98 Å². The van der Waals surface area contributed by atoms with Crippen LogP contribution in [0.2, 0.25) is 0 Å². The van der Waals surface area contributed by atoms with Crippen LogP contribution in [0.1, 0.15) is 13.3 Å². The van der Waals surface area contributed by atoms with Gasteiger partial charge in [0.05, 0.1) is 3.72 Å². The molecule has 0 N–H and O–H groups in total. The summed E-state index contributed by atoms with van der Waals surface area (Å²) in [7, 11) is 0. The van der Waals surface area contributed by atoms with Gasteiger partial charge in [-0.3, -0.25) is 4.99 Å². The fourth-order valence-corrected chi connectivity index (χ4v) is 3.07. The average molecular weight is 348 g/mol. The highest BCUT2D eigenvalue weighted by molar-refractivity contribution is 14.1. The van der Waals surface area contributed by atoms with Crippen LogP contribution in [0.3, 0.4) is 0 Å². The summed E-state index contributed by atoms with van der Waals surface area (Å²) in [6.45, 7) is 1.93. The summed E-state index contributed by atoms with van der Waals surface area (Å²) in [5, 5.41) is 0. The van der Waals surface area contributed by atoms with E-state index in [1.165, 1.54) is 3.72 Å². The second-order valence-electron chi connectivity index (χ2n) is 1.80. The largest absolute Gasteiger partial charge is 0.256 e. The van der Waals surface area contributed by atoms with Crippen LogP contribution in [0.4, 0.5) is 0 Å². The minimum Gasteiger partial charge on any atom is -0.256 e. The van der Waals surface area contributed by atoms with Crippen LogP contribution in [0, 0.1) is 0 Å². The zero-order valence-corrected chi connectivity index (χ0v) is 9.25. The molecule has 0 aromatic heterocycles. The molecule has 4 heteroatoms. The maximum atomic E-state index is 4.24. The van der Waals surface area contributed by atoms with Crippen molar-refractivity contribution >= 4 is 54.7 Å². The van der Waals surface area contributed by atoms with Crippen LogP contribution < -0.4 is 0 Å². The van der Waals surface area contributed by atoms with Crippen molar-refractivity contribution in [3.8, 4) is 0 Å². The van der Waals surface area contributed by atoms with Crippen LogP contribution in [-0.2, 0) is 0 Å². The fraction of sp³-hybridized carbons (Fsp3) is 0.600. The third-order valence-corrected chi connectivity index (χ3v) is 2.35. The van der Waals surface area contributed by atoms with Gasteiger partial charge in [0.25, 0.3) is 0 Å². The first-order valence-electron chi connectivity index (χ1n) is 2.60. The Kier molecular flexibility index (Phi) is 2.87. The molecule has 1 aliphatic heterocycles. The maximum absolute atomic E-state index is 4.24. The summed E-state index contributed by atoms with van der Waals surface area (Å²) in [5.74, 6) is 0.907. The number of hydrogen-bond acceptors (Lipinski definition) is 2. The van der Waals surface area contributed by atoms with Gasteiger partial charge in [0.2, 0.25) is 0 Å². The van der Waals surface area contributed by atoms with Gasteiger partial charge >= 0.3 is 0 Å². The Morgan fingerprint density at radius 1 is 1.67 bits per heavy atom. The Morgan fingerprint density at radius 2 is 2.33 bits per heavy atom. The van der Waals surface area contributed by atoms with Crippen molar-refractivity contribution in [2.45, 2.75) is 17.4 Å². The van der Waals surface area contributed by atoms with Gasteiger partial charge in [0.1, 0.15) is 9.88 Å². The third-order valence-electron chi connectivity index (χ3n) is 0.947. The standard InChI is InChI=1S/C5H6I2N2/c1-3-8-4(6)2-5(7)9-3/h4H,2H2,1H3. The molecule has 1 aliphatic rings. The Hall–Kier alpha value is 0.800.